The molecule has 0 saturated carbocycles. The van der Waals surface area contributed by atoms with Gasteiger partial charge in [-0.3, -0.25) is 14.4 Å². The molecule has 0 aliphatic carbocycles. The first-order chi connectivity index (χ1) is 28.3. The predicted molar refractivity (Wildman–Crippen MR) is 247 cm³/mol. The van der Waals surface area contributed by atoms with E-state index in [1.807, 2.05) is 0 Å². The fourth-order valence-corrected chi connectivity index (χ4v) is 7.78. The molecule has 0 heterocycles. The molecule has 0 saturated heterocycles. The summed E-state index contributed by atoms with van der Waals surface area (Å²) in [6.07, 6.45) is 45.2. The molecule has 6 nitrogen and oxygen atoms in total. The van der Waals surface area contributed by atoms with Crippen molar-refractivity contribution in [2.75, 3.05) is 13.2 Å². The summed E-state index contributed by atoms with van der Waals surface area (Å²) in [6.45, 7) is 11.3. The van der Waals surface area contributed by atoms with Gasteiger partial charge in [0.1, 0.15) is 13.2 Å². The number of carbonyl (C=O) groups excluding carboxylic acids is 3. The highest BCUT2D eigenvalue weighted by Gasteiger charge is 2.19. The number of hydrogen-bond donors (Lipinski definition) is 0. The Kier molecular flexibility index (Phi) is 43.7. The molecule has 2 atom stereocenters. The summed E-state index contributed by atoms with van der Waals surface area (Å²) in [7, 11) is 0. The van der Waals surface area contributed by atoms with Gasteiger partial charge in [0.25, 0.3) is 0 Å². The third kappa shape index (κ3) is 44.0. The fourth-order valence-electron chi connectivity index (χ4n) is 7.78. The molecular weight excluding hydrogens is 721 g/mol. The molecule has 0 aromatic carbocycles. The first-order valence-electron chi connectivity index (χ1n) is 25.8. The van der Waals surface area contributed by atoms with Gasteiger partial charge in [0.05, 0.1) is 0 Å². The van der Waals surface area contributed by atoms with Crippen molar-refractivity contribution in [1.29, 1.82) is 0 Å². The van der Waals surface area contributed by atoms with E-state index in [0.717, 1.165) is 69.6 Å². The van der Waals surface area contributed by atoms with E-state index in [1.165, 1.54) is 173 Å². The van der Waals surface area contributed by atoms with E-state index in [9.17, 15) is 14.4 Å². The van der Waals surface area contributed by atoms with Crippen molar-refractivity contribution in [3.05, 3.63) is 0 Å². The summed E-state index contributed by atoms with van der Waals surface area (Å²) in [4.78, 5) is 37.9. The molecule has 0 fully saturated rings. The van der Waals surface area contributed by atoms with Crippen LogP contribution in [0.25, 0.3) is 0 Å². The lowest BCUT2D eigenvalue weighted by Gasteiger charge is -2.18. The highest BCUT2D eigenvalue weighted by Crippen LogP contribution is 2.18. The second-order valence-electron chi connectivity index (χ2n) is 18.5. The summed E-state index contributed by atoms with van der Waals surface area (Å²) in [5, 5.41) is 0. The van der Waals surface area contributed by atoms with Gasteiger partial charge in [-0.15, -0.1) is 0 Å². The Labute approximate surface area is 361 Å². The van der Waals surface area contributed by atoms with Crippen molar-refractivity contribution in [2.24, 2.45) is 11.8 Å². The van der Waals surface area contributed by atoms with E-state index in [0.29, 0.717) is 19.3 Å². The molecule has 0 rings (SSSR count). The van der Waals surface area contributed by atoms with Crippen LogP contribution in [0.1, 0.15) is 285 Å². The Morgan fingerprint density at radius 2 is 0.655 bits per heavy atom. The molecule has 1 unspecified atom stereocenters. The normalized spacial score (nSPS) is 12.5. The molecule has 0 N–H and O–H groups in total. The van der Waals surface area contributed by atoms with Gasteiger partial charge >= 0.3 is 17.9 Å². The van der Waals surface area contributed by atoms with E-state index < -0.39 is 6.10 Å². The standard InChI is InChI=1S/C52H100O6/c1-6-8-9-10-11-12-13-14-15-16-17-18-19-20-29-34-39-44-52(55)58-49(45-56-50(53)42-37-32-27-23-21-25-30-35-40-47(3)4)46-57-51(54)43-38-33-28-24-22-26-31-36-41-48(5)7-2/h47-49H,6-46H2,1-5H3/t48?,49-/m0/s1. The van der Waals surface area contributed by atoms with Crippen LogP contribution in [0.5, 0.6) is 0 Å². The topological polar surface area (TPSA) is 78.9 Å². The van der Waals surface area contributed by atoms with Crippen LogP contribution in [0.15, 0.2) is 0 Å². The van der Waals surface area contributed by atoms with Gasteiger partial charge in [-0.05, 0) is 31.1 Å². The van der Waals surface area contributed by atoms with Crippen LogP contribution >= 0.6 is 0 Å². The molecule has 58 heavy (non-hydrogen) atoms. The average molecular weight is 821 g/mol. The third-order valence-corrected chi connectivity index (χ3v) is 12.1. The predicted octanol–water partition coefficient (Wildman–Crippen LogP) is 16.5. The zero-order valence-electron chi connectivity index (χ0n) is 39.7. The number of esters is 3. The van der Waals surface area contributed by atoms with Crippen molar-refractivity contribution < 1.29 is 28.6 Å². The highest BCUT2D eigenvalue weighted by molar-refractivity contribution is 5.71. The van der Waals surface area contributed by atoms with Gasteiger partial charge in [0.15, 0.2) is 6.10 Å². The minimum Gasteiger partial charge on any atom is -0.462 e. The number of unbranched alkanes of at least 4 members (excludes halogenated alkanes) is 30. The monoisotopic (exact) mass is 821 g/mol. The van der Waals surface area contributed by atoms with E-state index in [1.54, 1.807) is 0 Å². The maximum absolute atomic E-state index is 12.8. The van der Waals surface area contributed by atoms with Crippen molar-refractivity contribution in [1.82, 2.24) is 0 Å². The number of carbonyl (C=O) groups is 3. The largest absolute Gasteiger partial charge is 0.462 e. The van der Waals surface area contributed by atoms with E-state index in [4.69, 9.17) is 14.2 Å². The van der Waals surface area contributed by atoms with Crippen LogP contribution in [-0.4, -0.2) is 37.2 Å². The first-order valence-corrected chi connectivity index (χ1v) is 25.8. The van der Waals surface area contributed by atoms with Gasteiger partial charge < -0.3 is 14.2 Å². The van der Waals surface area contributed by atoms with Gasteiger partial charge in [-0.1, -0.05) is 247 Å². The lowest BCUT2D eigenvalue weighted by atomic mass is 9.99. The smallest absolute Gasteiger partial charge is 0.306 e. The molecule has 0 aromatic rings. The molecule has 0 amide bonds. The van der Waals surface area contributed by atoms with Gasteiger partial charge in [0, 0.05) is 19.3 Å². The van der Waals surface area contributed by atoms with E-state index in [-0.39, 0.29) is 31.1 Å². The van der Waals surface area contributed by atoms with Gasteiger partial charge in [-0.2, -0.15) is 0 Å². The lowest BCUT2D eigenvalue weighted by Crippen LogP contribution is -2.30. The van der Waals surface area contributed by atoms with Gasteiger partial charge in [-0.25, -0.2) is 0 Å². The average Bonchev–Trinajstić information content (AvgIpc) is 3.21. The molecule has 0 aliphatic rings. The lowest BCUT2D eigenvalue weighted by molar-refractivity contribution is -0.167. The minimum atomic E-state index is -0.762. The number of rotatable bonds is 46. The summed E-state index contributed by atoms with van der Waals surface area (Å²) in [6, 6.07) is 0. The van der Waals surface area contributed by atoms with E-state index >= 15 is 0 Å². The molecule has 0 aliphatic heterocycles. The Morgan fingerprint density at radius 1 is 0.362 bits per heavy atom. The zero-order chi connectivity index (χ0) is 42.6. The van der Waals surface area contributed by atoms with Crippen LogP contribution in [-0.2, 0) is 28.6 Å². The summed E-state index contributed by atoms with van der Waals surface area (Å²) >= 11 is 0. The van der Waals surface area contributed by atoms with Crippen molar-refractivity contribution in [2.45, 2.75) is 291 Å². The van der Waals surface area contributed by atoms with Crippen LogP contribution in [0.3, 0.4) is 0 Å². The molecule has 0 spiro atoms. The minimum absolute atomic E-state index is 0.0648. The molecule has 6 heteroatoms. The van der Waals surface area contributed by atoms with Crippen LogP contribution in [0.2, 0.25) is 0 Å². The Hall–Kier alpha value is -1.59. The van der Waals surface area contributed by atoms with Crippen molar-refractivity contribution in [3.63, 3.8) is 0 Å². The maximum atomic E-state index is 12.8. The van der Waals surface area contributed by atoms with Crippen LogP contribution < -0.4 is 0 Å². The Bertz CT molecular complexity index is 887. The second kappa shape index (κ2) is 44.9. The molecule has 0 aromatic heterocycles. The molecule has 0 radical (unpaired) electrons. The molecule has 0 bridgehead atoms. The molecular formula is C52H100O6. The third-order valence-electron chi connectivity index (χ3n) is 12.1. The van der Waals surface area contributed by atoms with Gasteiger partial charge in [0.2, 0.25) is 0 Å². The van der Waals surface area contributed by atoms with Crippen LogP contribution in [0, 0.1) is 11.8 Å². The van der Waals surface area contributed by atoms with Crippen molar-refractivity contribution >= 4 is 17.9 Å². The fraction of sp³-hybridized carbons (Fsp3) is 0.942. The summed E-state index contributed by atoms with van der Waals surface area (Å²) in [5.41, 5.74) is 0. The molecule has 344 valence electrons. The summed E-state index contributed by atoms with van der Waals surface area (Å²) < 4.78 is 16.8. The summed E-state index contributed by atoms with van der Waals surface area (Å²) in [5.74, 6) is 0.792. The van der Waals surface area contributed by atoms with E-state index in [2.05, 4.69) is 34.6 Å². The Morgan fingerprint density at radius 3 is 0.983 bits per heavy atom. The number of hydrogen-bond acceptors (Lipinski definition) is 6. The number of ether oxygens (including phenoxy) is 3. The second-order valence-corrected chi connectivity index (χ2v) is 18.5. The zero-order valence-corrected chi connectivity index (χ0v) is 39.7. The quantitative estimate of drug-likeness (QED) is 0.0346. The Balaban J connectivity index is 4.30. The SMILES string of the molecule is CCCCCCCCCCCCCCCCCCCC(=O)O[C@@H](COC(=O)CCCCCCCCCCC(C)C)COC(=O)CCCCCCCCCCC(C)CC. The highest BCUT2D eigenvalue weighted by atomic mass is 16.6. The first kappa shape index (κ1) is 56.4. The maximum Gasteiger partial charge on any atom is 0.306 e. The van der Waals surface area contributed by atoms with Crippen molar-refractivity contribution in [3.8, 4) is 0 Å². The van der Waals surface area contributed by atoms with Crippen LogP contribution in [0.4, 0.5) is 0 Å².